The van der Waals surface area contributed by atoms with Crippen LogP contribution in [-0.4, -0.2) is 66.6 Å². The molecule has 1 aliphatic rings. The lowest BCUT2D eigenvalue weighted by molar-refractivity contribution is 0.183. The fourth-order valence-corrected chi connectivity index (χ4v) is 4.66. The van der Waals surface area contributed by atoms with Gasteiger partial charge in [0.1, 0.15) is 17.3 Å². The van der Waals surface area contributed by atoms with E-state index in [0.29, 0.717) is 43.2 Å². The molecule has 0 bridgehead atoms. The first-order chi connectivity index (χ1) is 16.5. The fraction of sp³-hybridized carbons (Fsp3) is 0.385. The highest BCUT2D eigenvalue weighted by molar-refractivity contribution is 5.47. The summed E-state index contributed by atoms with van der Waals surface area (Å²) in [6, 6.07) is 14.8. The third-order valence-electron chi connectivity index (χ3n) is 6.40. The van der Waals surface area contributed by atoms with Gasteiger partial charge in [0.15, 0.2) is 0 Å². The molecule has 0 spiro atoms. The van der Waals surface area contributed by atoms with Crippen LogP contribution in [0, 0.1) is 6.92 Å². The molecule has 1 N–H and O–H groups in total. The second-order valence-electron chi connectivity index (χ2n) is 8.39. The topological polar surface area (TPSA) is 80.1 Å². The van der Waals surface area contributed by atoms with Gasteiger partial charge in [-0.15, -0.1) is 0 Å². The van der Waals surface area contributed by atoms with E-state index in [2.05, 4.69) is 14.8 Å². The summed E-state index contributed by atoms with van der Waals surface area (Å²) in [5, 5.41) is 11.0. The number of anilines is 1. The van der Waals surface area contributed by atoms with Crippen molar-refractivity contribution in [1.82, 2.24) is 14.5 Å². The van der Waals surface area contributed by atoms with Crippen LogP contribution in [0.4, 0.5) is 5.82 Å². The van der Waals surface area contributed by atoms with Crippen molar-refractivity contribution in [1.29, 1.82) is 0 Å². The molecule has 34 heavy (non-hydrogen) atoms. The molecule has 0 unspecified atom stereocenters. The fourth-order valence-electron chi connectivity index (χ4n) is 4.66. The van der Waals surface area contributed by atoms with E-state index in [4.69, 9.17) is 9.47 Å². The van der Waals surface area contributed by atoms with Crippen LogP contribution in [0.25, 0.3) is 0 Å². The minimum atomic E-state index is -0.455. The maximum atomic E-state index is 13.7. The molecular formula is C26H32N4O4. The van der Waals surface area contributed by atoms with Gasteiger partial charge in [0, 0.05) is 57.3 Å². The van der Waals surface area contributed by atoms with Crippen LogP contribution in [0.5, 0.6) is 11.5 Å². The number of aryl methyl sites for hydroxylation is 1. The zero-order valence-electron chi connectivity index (χ0n) is 20.0. The number of pyridine rings is 2. The molecule has 1 atom stereocenters. The normalized spacial score (nSPS) is 15.3. The van der Waals surface area contributed by atoms with Gasteiger partial charge in [-0.25, -0.2) is 4.98 Å². The maximum absolute atomic E-state index is 13.7. The molecular weight excluding hydrogens is 432 g/mol. The summed E-state index contributed by atoms with van der Waals surface area (Å²) < 4.78 is 12.6. The van der Waals surface area contributed by atoms with E-state index in [9.17, 15) is 9.90 Å². The first-order valence-electron chi connectivity index (χ1n) is 11.5. The van der Waals surface area contributed by atoms with Crippen molar-refractivity contribution < 1.29 is 14.6 Å². The van der Waals surface area contributed by atoms with E-state index in [1.54, 1.807) is 31.0 Å². The Hall–Kier alpha value is -3.36. The summed E-state index contributed by atoms with van der Waals surface area (Å²) in [4.78, 5) is 22.7. The Labute approximate surface area is 200 Å². The summed E-state index contributed by atoms with van der Waals surface area (Å²) in [6.45, 7) is 5.56. The van der Waals surface area contributed by atoms with E-state index in [1.165, 1.54) is 0 Å². The third-order valence-corrected chi connectivity index (χ3v) is 6.40. The monoisotopic (exact) mass is 464 g/mol. The second-order valence-corrected chi connectivity index (χ2v) is 8.39. The summed E-state index contributed by atoms with van der Waals surface area (Å²) in [5.41, 5.74) is 1.70. The quantitative estimate of drug-likeness (QED) is 0.549. The molecule has 0 aliphatic carbocycles. The number of hydrogen-bond acceptors (Lipinski definition) is 7. The Morgan fingerprint density at radius 3 is 2.47 bits per heavy atom. The van der Waals surface area contributed by atoms with Crippen molar-refractivity contribution in [3.8, 4) is 11.5 Å². The lowest BCUT2D eigenvalue weighted by atomic mass is 9.95. The lowest BCUT2D eigenvalue weighted by Crippen LogP contribution is -2.49. The van der Waals surface area contributed by atoms with Crippen LogP contribution in [0.2, 0.25) is 0 Å². The first-order valence-corrected chi connectivity index (χ1v) is 11.5. The average Bonchev–Trinajstić information content (AvgIpc) is 2.87. The van der Waals surface area contributed by atoms with E-state index < -0.39 is 6.04 Å². The van der Waals surface area contributed by atoms with Gasteiger partial charge in [-0.05, 0) is 31.2 Å². The minimum absolute atomic E-state index is 0.000714. The number of rotatable bonds is 8. The van der Waals surface area contributed by atoms with Gasteiger partial charge in [0.2, 0.25) is 0 Å². The number of piperazine rings is 1. The van der Waals surface area contributed by atoms with E-state index in [1.807, 2.05) is 49.4 Å². The van der Waals surface area contributed by atoms with Crippen LogP contribution in [0.1, 0.15) is 22.9 Å². The Morgan fingerprint density at radius 2 is 1.79 bits per heavy atom. The van der Waals surface area contributed by atoms with E-state index in [-0.39, 0.29) is 11.3 Å². The molecule has 2 aromatic heterocycles. The standard InChI is InChI=1S/C26H32N4O4/c1-19-18-21(31)24(26(32)30(19)16-17-33-2)25(20-8-4-5-9-22(20)34-3)29-14-12-28(13-15-29)23-10-6-7-11-27-23/h4-11,18,25,31H,12-17H2,1-3H3/t25-/m1/s1. The van der Waals surface area contributed by atoms with Gasteiger partial charge >= 0.3 is 0 Å². The number of aromatic nitrogens is 2. The Kier molecular flexibility index (Phi) is 7.49. The third kappa shape index (κ3) is 4.78. The van der Waals surface area contributed by atoms with Crippen LogP contribution < -0.4 is 15.2 Å². The molecule has 1 saturated heterocycles. The number of para-hydroxylation sites is 1. The van der Waals surface area contributed by atoms with E-state index in [0.717, 1.165) is 24.5 Å². The number of aromatic hydroxyl groups is 1. The van der Waals surface area contributed by atoms with Gasteiger partial charge in [0.05, 0.1) is 25.3 Å². The highest BCUT2D eigenvalue weighted by Crippen LogP contribution is 2.37. The zero-order chi connectivity index (χ0) is 24.1. The van der Waals surface area contributed by atoms with Crippen LogP contribution in [0.3, 0.4) is 0 Å². The molecule has 0 saturated carbocycles. The van der Waals surface area contributed by atoms with E-state index >= 15 is 0 Å². The molecule has 1 aliphatic heterocycles. The van der Waals surface area contributed by atoms with Crippen molar-refractivity contribution in [3.63, 3.8) is 0 Å². The molecule has 4 rings (SSSR count). The van der Waals surface area contributed by atoms with Gasteiger partial charge in [-0.1, -0.05) is 24.3 Å². The van der Waals surface area contributed by atoms with Crippen molar-refractivity contribution in [2.75, 3.05) is 51.9 Å². The number of ether oxygens (including phenoxy) is 2. The molecule has 3 heterocycles. The second kappa shape index (κ2) is 10.7. The summed E-state index contributed by atoms with van der Waals surface area (Å²) in [6.07, 6.45) is 1.80. The Morgan fingerprint density at radius 1 is 1.06 bits per heavy atom. The molecule has 0 amide bonds. The zero-order valence-corrected chi connectivity index (χ0v) is 20.0. The molecule has 1 aromatic carbocycles. The molecule has 180 valence electrons. The predicted octanol–water partition coefficient (Wildman–Crippen LogP) is 2.82. The highest BCUT2D eigenvalue weighted by atomic mass is 16.5. The Bertz CT molecular complexity index is 1160. The first kappa shape index (κ1) is 23.8. The van der Waals surface area contributed by atoms with Crippen LogP contribution >= 0.6 is 0 Å². The number of nitrogens with zero attached hydrogens (tertiary/aromatic N) is 4. The maximum Gasteiger partial charge on any atom is 0.259 e. The van der Waals surface area contributed by atoms with Gasteiger partial charge < -0.3 is 24.0 Å². The van der Waals surface area contributed by atoms with Gasteiger partial charge in [-0.3, -0.25) is 9.69 Å². The molecule has 8 heteroatoms. The van der Waals surface area contributed by atoms with Crippen LogP contribution in [0.15, 0.2) is 59.5 Å². The highest BCUT2D eigenvalue weighted by Gasteiger charge is 2.33. The summed E-state index contributed by atoms with van der Waals surface area (Å²) >= 11 is 0. The van der Waals surface area contributed by atoms with Crippen molar-refractivity contribution in [3.05, 3.63) is 81.9 Å². The molecule has 1 fully saturated rings. The minimum Gasteiger partial charge on any atom is -0.507 e. The summed E-state index contributed by atoms with van der Waals surface area (Å²) in [7, 11) is 3.24. The predicted molar refractivity (Wildman–Crippen MR) is 132 cm³/mol. The lowest BCUT2D eigenvalue weighted by Gasteiger charge is -2.40. The number of methoxy groups -OCH3 is 2. The molecule has 0 radical (unpaired) electrons. The molecule has 3 aromatic rings. The largest absolute Gasteiger partial charge is 0.507 e. The Balaban J connectivity index is 1.76. The van der Waals surface area contributed by atoms with Crippen molar-refractivity contribution in [2.24, 2.45) is 0 Å². The number of benzene rings is 1. The SMILES string of the molecule is COCCn1c(C)cc(O)c([C@@H](c2ccccc2OC)N2CCN(c3ccccn3)CC2)c1=O. The smallest absolute Gasteiger partial charge is 0.259 e. The van der Waals surface area contributed by atoms with Crippen LogP contribution in [-0.2, 0) is 11.3 Å². The molecule has 8 nitrogen and oxygen atoms in total. The summed E-state index contributed by atoms with van der Waals surface area (Å²) in [5.74, 6) is 1.62. The van der Waals surface area contributed by atoms with Crippen molar-refractivity contribution >= 4 is 5.82 Å². The average molecular weight is 465 g/mol. The van der Waals surface area contributed by atoms with Gasteiger partial charge in [-0.2, -0.15) is 0 Å². The van der Waals surface area contributed by atoms with Gasteiger partial charge in [0.25, 0.3) is 5.56 Å². The van der Waals surface area contributed by atoms with Crippen molar-refractivity contribution in [2.45, 2.75) is 19.5 Å². The number of hydrogen-bond donors (Lipinski definition) is 1.